The van der Waals surface area contributed by atoms with Crippen LogP contribution in [0.25, 0.3) is 16.9 Å². The zero-order valence-corrected chi connectivity index (χ0v) is 22.9. The number of rotatable bonds is 7. The molecular formula is C30H34Cl2N4O. The van der Waals surface area contributed by atoms with Crippen molar-refractivity contribution in [2.45, 2.75) is 52.0 Å². The number of carbonyl (C=O) groups is 1. The van der Waals surface area contributed by atoms with Crippen LogP contribution in [0.15, 0.2) is 42.5 Å². The van der Waals surface area contributed by atoms with Crippen molar-refractivity contribution in [1.29, 1.82) is 0 Å². The van der Waals surface area contributed by atoms with Gasteiger partial charge in [-0.3, -0.25) is 4.79 Å². The van der Waals surface area contributed by atoms with E-state index in [0.717, 1.165) is 58.3 Å². The van der Waals surface area contributed by atoms with Crippen LogP contribution in [-0.4, -0.2) is 34.8 Å². The minimum Gasteiger partial charge on any atom is -0.349 e. The summed E-state index contributed by atoms with van der Waals surface area (Å²) in [6.07, 6.45) is 7.04. The highest BCUT2D eigenvalue weighted by Gasteiger charge is 2.47. The monoisotopic (exact) mass is 536 g/mol. The van der Waals surface area contributed by atoms with Gasteiger partial charge in [0.15, 0.2) is 5.69 Å². The smallest absolute Gasteiger partial charge is 0.272 e. The van der Waals surface area contributed by atoms with Gasteiger partial charge in [0.2, 0.25) is 0 Å². The molecule has 4 bridgehead atoms. The average molecular weight is 538 g/mol. The van der Waals surface area contributed by atoms with Crippen LogP contribution >= 0.6 is 23.2 Å². The Bertz CT molecular complexity index is 1290. The Kier molecular flexibility index (Phi) is 6.81. The van der Waals surface area contributed by atoms with E-state index in [9.17, 15) is 4.79 Å². The Morgan fingerprint density at radius 1 is 0.919 bits per heavy atom. The first-order valence-electron chi connectivity index (χ1n) is 13.5. The van der Waals surface area contributed by atoms with Crippen LogP contribution in [0.5, 0.6) is 0 Å². The van der Waals surface area contributed by atoms with E-state index < -0.39 is 0 Å². The fourth-order valence-corrected chi connectivity index (χ4v) is 7.80. The molecule has 4 saturated carbocycles. The second kappa shape index (κ2) is 10.1. The third-order valence-electron chi connectivity index (χ3n) is 8.86. The van der Waals surface area contributed by atoms with Crippen LogP contribution in [0.4, 0.5) is 0 Å². The maximum Gasteiger partial charge on any atom is 0.272 e. The maximum atomic E-state index is 13.3. The largest absolute Gasteiger partial charge is 0.349 e. The van der Waals surface area contributed by atoms with Crippen molar-refractivity contribution in [1.82, 2.24) is 20.4 Å². The summed E-state index contributed by atoms with van der Waals surface area (Å²) in [7, 11) is 0. The molecule has 7 rings (SSSR count). The molecule has 1 aromatic heterocycles. The van der Waals surface area contributed by atoms with Crippen molar-refractivity contribution in [3.8, 4) is 16.9 Å². The molecule has 1 amide bonds. The second-order valence-corrected chi connectivity index (χ2v) is 12.2. The van der Waals surface area contributed by atoms with E-state index in [2.05, 4.69) is 10.6 Å². The molecule has 2 aromatic carbocycles. The van der Waals surface area contributed by atoms with E-state index in [4.69, 9.17) is 28.3 Å². The predicted octanol–water partition coefficient (Wildman–Crippen LogP) is 6.61. The highest BCUT2D eigenvalue weighted by atomic mass is 35.5. The van der Waals surface area contributed by atoms with Gasteiger partial charge in [-0.05, 0) is 106 Å². The molecule has 4 aliphatic rings. The number of aryl methyl sites for hydroxylation is 1. The summed E-state index contributed by atoms with van der Waals surface area (Å²) in [5.74, 6) is 3.45. The number of carbonyl (C=O) groups excluding carboxylic acids is 1. The quantitative estimate of drug-likeness (QED) is 0.334. The zero-order chi connectivity index (χ0) is 25.7. The first-order valence-corrected chi connectivity index (χ1v) is 14.3. The van der Waals surface area contributed by atoms with E-state index in [1.807, 2.05) is 61.0 Å². The molecule has 0 spiro atoms. The van der Waals surface area contributed by atoms with Crippen LogP contribution in [0, 0.1) is 37.5 Å². The van der Waals surface area contributed by atoms with Crippen molar-refractivity contribution in [3.63, 3.8) is 0 Å². The van der Waals surface area contributed by atoms with Crippen LogP contribution in [0.1, 0.15) is 53.7 Å². The molecule has 2 N–H and O–H groups in total. The van der Waals surface area contributed by atoms with Gasteiger partial charge < -0.3 is 10.6 Å². The van der Waals surface area contributed by atoms with Gasteiger partial charge in [-0.2, -0.15) is 5.10 Å². The first kappa shape index (κ1) is 25.0. The van der Waals surface area contributed by atoms with Gasteiger partial charge >= 0.3 is 0 Å². The van der Waals surface area contributed by atoms with E-state index in [0.29, 0.717) is 28.3 Å². The lowest BCUT2D eigenvalue weighted by Crippen LogP contribution is -2.55. The molecule has 4 aliphatic carbocycles. The van der Waals surface area contributed by atoms with Gasteiger partial charge in [-0.25, -0.2) is 4.68 Å². The van der Waals surface area contributed by atoms with Crippen LogP contribution in [0.2, 0.25) is 10.0 Å². The van der Waals surface area contributed by atoms with Gasteiger partial charge in [-0.1, -0.05) is 35.3 Å². The summed E-state index contributed by atoms with van der Waals surface area (Å²) in [6, 6.07) is 14.0. The molecule has 0 radical (unpaired) electrons. The topological polar surface area (TPSA) is 59.0 Å². The number of hydrogen-bond donors (Lipinski definition) is 2. The maximum absolute atomic E-state index is 13.3. The third-order valence-corrected chi connectivity index (χ3v) is 9.35. The standard InChI is InChI=1S/C30H34Cl2N4O/c1-17-11-25(32)7-8-26(17)36-29(21-3-5-24(31)6-4-21)18(2)27(35-36)30(37)34-10-9-33-28-22-13-19-12-20(15-22)16-23(28)14-19/h3-8,11,19-20,22-23,28,33H,9-10,12-16H2,1-2H3,(H,34,37)/t19-,20+,22-,23+,28?. The average Bonchev–Trinajstić information content (AvgIpc) is 3.20. The number of nitrogens with one attached hydrogen (secondary N) is 2. The molecule has 3 aromatic rings. The molecular weight excluding hydrogens is 503 g/mol. The van der Waals surface area contributed by atoms with E-state index in [1.165, 1.54) is 32.1 Å². The van der Waals surface area contributed by atoms with Crippen LogP contribution in [0.3, 0.4) is 0 Å². The Morgan fingerprint density at radius 3 is 2.22 bits per heavy atom. The molecule has 0 atom stereocenters. The van der Waals surface area contributed by atoms with Gasteiger partial charge in [-0.15, -0.1) is 0 Å². The van der Waals surface area contributed by atoms with Crippen molar-refractivity contribution >= 4 is 29.1 Å². The van der Waals surface area contributed by atoms with Gasteiger partial charge in [0, 0.05) is 40.3 Å². The van der Waals surface area contributed by atoms with Gasteiger partial charge in [0.05, 0.1) is 11.4 Å². The molecule has 7 heteroatoms. The summed E-state index contributed by atoms with van der Waals surface area (Å²) >= 11 is 12.4. The Hall–Kier alpha value is -2.34. The Morgan fingerprint density at radius 2 is 1.57 bits per heavy atom. The van der Waals surface area contributed by atoms with E-state index >= 15 is 0 Å². The Balaban J connectivity index is 1.19. The number of aromatic nitrogens is 2. The normalized spacial score (nSPS) is 26.0. The molecule has 0 saturated heterocycles. The third kappa shape index (κ3) is 4.82. The summed E-state index contributed by atoms with van der Waals surface area (Å²) in [4.78, 5) is 13.3. The van der Waals surface area contributed by atoms with Crippen molar-refractivity contribution in [2.75, 3.05) is 13.1 Å². The highest BCUT2D eigenvalue weighted by molar-refractivity contribution is 6.31. The summed E-state index contributed by atoms with van der Waals surface area (Å²) in [5, 5.41) is 13.1. The number of nitrogens with zero attached hydrogens (tertiary/aromatic N) is 2. The molecule has 37 heavy (non-hydrogen) atoms. The summed E-state index contributed by atoms with van der Waals surface area (Å²) in [5.41, 5.74) is 4.97. The van der Waals surface area contributed by atoms with E-state index in [1.54, 1.807) is 0 Å². The molecule has 0 aliphatic heterocycles. The lowest BCUT2D eigenvalue weighted by Gasteiger charge is -2.54. The number of benzene rings is 2. The van der Waals surface area contributed by atoms with Crippen molar-refractivity contribution in [2.24, 2.45) is 23.7 Å². The first-order chi connectivity index (χ1) is 17.9. The van der Waals surface area contributed by atoms with Crippen molar-refractivity contribution < 1.29 is 4.79 Å². The van der Waals surface area contributed by atoms with Crippen LogP contribution in [-0.2, 0) is 0 Å². The zero-order valence-electron chi connectivity index (χ0n) is 21.4. The number of halogens is 2. The number of hydrogen-bond acceptors (Lipinski definition) is 3. The summed E-state index contributed by atoms with van der Waals surface area (Å²) in [6.45, 7) is 5.34. The number of amides is 1. The van der Waals surface area contributed by atoms with Gasteiger partial charge in [0.1, 0.15) is 0 Å². The minimum absolute atomic E-state index is 0.148. The molecule has 5 nitrogen and oxygen atoms in total. The lowest BCUT2D eigenvalue weighted by atomic mass is 9.54. The molecule has 0 unspecified atom stereocenters. The highest BCUT2D eigenvalue weighted by Crippen LogP contribution is 2.53. The fraction of sp³-hybridized carbons (Fsp3) is 0.467. The van der Waals surface area contributed by atoms with Crippen molar-refractivity contribution in [3.05, 3.63) is 69.3 Å². The van der Waals surface area contributed by atoms with Crippen LogP contribution < -0.4 is 10.6 Å². The van der Waals surface area contributed by atoms with Gasteiger partial charge in [0.25, 0.3) is 5.91 Å². The predicted molar refractivity (Wildman–Crippen MR) is 150 cm³/mol. The van der Waals surface area contributed by atoms with E-state index in [-0.39, 0.29) is 5.91 Å². The fourth-order valence-electron chi connectivity index (χ4n) is 7.45. The minimum atomic E-state index is -0.148. The molecule has 1 heterocycles. The Labute approximate surface area is 228 Å². The molecule has 4 fully saturated rings. The molecule has 194 valence electrons. The summed E-state index contributed by atoms with van der Waals surface area (Å²) < 4.78 is 1.85. The SMILES string of the molecule is Cc1cc(Cl)ccc1-n1nc(C(=O)NCCNC2[C@H]3C[C@@H]4C[C@@H](C[C@H]2C4)C3)c(C)c1-c1ccc(Cl)cc1. The lowest BCUT2D eigenvalue weighted by molar-refractivity contribution is -0.0133. The second-order valence-electron chi connectivity index (χ2n) is 11.3.